The van der Waals surface area contributed by atoms with Crippen LogP contribution in [0.15, 0.2) is 30.3 Å². The second-order valence-electron chi connectivity index (χ2n) is 6.74. The molecule has 1 rings (SSSR count). The summed E-state index contributed by atoms with van der Waals surface area (Å²) in [6.45, 7) is 19.6. The average Bonchev–Trinajstić information content (AvgIpc) is 2.37. The van der Waals surface area contributed by atoms with Crippen molar-refractivity contribution < 1.29 is 0 Å². The summed E-state index contributed by atoms with van der Waals surface area (Å²) in [6, 6.07) is 11.2. The average molecular weight is 411 g/mol. The lowest BCUT2D eigenvalue weighted by Gasteiger charge is -2.47. The van der Waals surface area contributed by atoms with Crippen LogP contribution in [0, 0.1) is 0 Å². The zero-order chi connectivity index (χ0) is 17.1. The molecule has 0 amide bonds. The van der Waals surface area contributed by atoms with E-state index in [0.717, 1.165) is 10.0 Å². The molecule has 0 unspecified atom stereocenters. The van der Waals surface area contributed by atoms with Crippen molar-refractivity contribution in [3.63, 3.8) is 0 Å². The molecule has 0 saturated carbocycles. The molecule has 0 aliphatic heterocycles. The van der Waals surface area contributed by atoms with Crippen molar-refractivity contribution in [3.8, 4) is 0 Å². The molecule has 0 radical (unpaired) electrons. The zero-order valence-electron chi connectivity index (χ0n) is 15.2. The second kappa shape index (κ2) is 9.23. The molecule has 22 heavy (non-hydrogen) atoms. The summed E-state index contributed by atoms with van der Waals surface area (Å²) >= 11 is 7.78. The zero-order valence-corrected chi connectivity index (χ0v) is 20.5. The van der Waals surface area contributed by atoms with Crippen molar-refractivity contribution in [3.05, 3.63) is 30.3 Å². The van der Waals surface area contributed by atoms with Gasteiger partial charge in [-0.3, -0.25) is 0 Å². The van der Waals surface area contributed by atoms with Gasteiger partial charge in [-0.25, -0.2) is 0 Å². The van der Waals surface area contributed by atoms with Gasteiger partial charge in [-0.1, -0.05) is 30.3 Å². The number of hydrogen-bond donors (Lipinski definition) is 0. The van der Waals surface area contributed by atoms with E-state index in [1.807, 2.05) is 0 Å². The first-order valence-electron chi connectivity index (χ1n) is 7.54. The van der Waals surface area contributed by atoms with Crippen molar-refractivity contribution in [2.24, 2.45) is 0 Å². The van der Waals surface area contributed by atoms with Gasteiger partial charge in [-0.2, -0.15) is 11.1 Å². The minimum Gasteiger partial charge on any atom is -0.159 e. The first kappa shape index (κ1) is 21.5. The van der Waals surface area contributed by atoms with Crippen LogP contribution in [0.5, 0.6) is 0 Å². The maximum Gasteiger partial charge on any atom is 0.209 e. The van der Waals surface area contributed by atoms with Crippen molar-refractivity contribution >= 4 is 55.3 Å². The Morgan fingerprint density at radius 2 is 1.00 bits per heavy atom. The topological polar surface area (TPSA) is 0 Å². The molecule has 0 saturated heterocycles. The van der Waals surface area contributed by atoms with E-state index in [1.54, 1.807) is 0 Å². The molecule has 0 spiro atoms. The summed E-state index contributed by atoms with van der Waals surface area (Å²) in [5.74, 6) is 0. The Morgan fingerprint density at radius 3 is 1.27 bits per heavy atom. The molecule has 6 heteroatoms. The van der Waals surface area contributed by atoms with E-state index >= 15 is 0 Å². The summed E-state index contributed by atoms with van der Waals surface area (Å²) in [6.07, 6.45) is 0. The maximum absolute atomic E-state index is 7.78. The van der Waals surface area contributed by atoms with Gasteiger partial charge in [0.1, 0.15) is 0 Å². The Hall–Kier alpha value is 1.45. The van der Waals surface area contributed by atoms with E-state index in [9.17, 15) is 0 Å². The van der Waals surface area contributed by atoms with E-state index in [2.05, 4.69) is 83.7 Å². The number of rotatable bonds is 7. The number of hydrogen-bond acceptors (Lipinski definition) is 0. The molecule has 0 fully saturated rings. The smallest absolute Gasteiger partial charge is 0.159 e. The number of halogens is 1. The Balaban J connectivity index is 3.56. The van der Waals surface area contributed by atoms with Gasteiger partial charge in [-0.15, -0.1) is 31.7 Å². The molecule has 0 bridgehead atoms. The van der Waals surface area contributed by atoms with Gasteiger partial charge in [-0.05, 0) is 58.5 Å². The van der Waals surface area contributed by atoms with E-state index in [0.29, 0.717) is 0 Å². The lowest BCUT2D eigenvalue weighted by molar-refractivity contribution is 1.56. The first-order chi connectivity index (χ1) is 10.1. The summed E-state index contributed by atoms with van der Waals surface area (Å²) < 4.78 is 0. The van der Waals surface area contributed by atoms with Crippen LogP contribution in [0.25, 0.3) is 0 Å². The van der Waals surface area contributed by atoms with Gasteiger partial charge in [0.15, 0.2) is 0 Å². The van der Waals surface area contributed by atoms with E-state index in [1.165, 1.54) is 5.19 Å². The van der Waals surface area contributed by atoms with Crippen LogP contribution < -0.4 is 5.19 Å². The third-order valence-corrected chi connectivity index (χ3v) is 31.0. The molecule has 0 aliphatic carbocycles. The molecule has 126 valence electrons. The van der Waals surface area contributed by atoms with Crippen LogP contribution in [-0.4, -0.2) is 70.7 Å². The van der Waals surface area contributed by atoms with Crippen molar-refractivity contribution in [1.82, 2.24) is 0 Å². The highest BCUT2D eigenvalue weighted by atomic mass is 35.6. The Bertz CT molecular complexity index is 415. The molecule has 0 aromatic heterocycles. The largest absolute Gasteiger partial charge is 0.209 e. The van der Waals surface area contributed by atoms with Gasteiger partial charge in [0.05, 0.1) is 0 Å². The summed E-state index contributed by atoms with van der Waals surface area (Å²) in [7, 11) is -2.12. The second-order valence-corrected chi connectivity index (χ2v) is 24.4. The minimum absolute atomic E-state index is 0.0176. The summed E-state index contributed by atoms with van der Waals surface area (Å²) in [5, 5.41) is 2.99. The first-order valence-corrected chi connectivity index (χ1v) is 19.9. The fraction of sp³-hybridized carbons (Fsp3) is 0.625. The molecule has 1 aromatic carbocycles. The molecular weight excluding hydrogens is 380 g/mol. The molecule has 0 N–H and O–H groups in total. The van der Waals surface area contributed by atoms with Crippen molar-refractivity contribution in [2.45, 2.75) is 10.0 Å². The molecule has 0 atom stereocenters. The highest BCUT2D eigenvalue weighted by Gasteiger charge is 2.52. The van der Waals surface area contributed by atoms with Crippen LogP contribution in [0.3, 0.4) is 0 Å². The fourth-order valence-electron chi connectivity index (χ4n) is 3.55. The van der Waals surface area contributed by atoms with E-state index in [-0.39, 0.29) is 31.7 Å². The molecule has 0 heterocycles. The fourth-order valence-corrected chi connectivity index (χ4v) is 36.9. The SMILES string of the molecule is CP(C)C(P(C)C)[Si](Cl)(c1ccccc1)C(P(C)C)P(C)C. The predicted octanol–water partition coefficient (Wildman–Crippen LogP) is 5.77. The van der Waals surface area contributed by atoms with Crippen molar-refractivity contribution in [2.75, 3.05) is 53.3 Å². The highest BCUT2D eigenvalue weighted by molar-refractivity contribution is 7.87. The van der Waals surface area contributed by atoms with E-state index < -0.39 is 7.38 Å². The molecule has 0 nitrogen and oxygen atoms in total. The maximum atomic E-state index is 7.78. The molecular formula is C16H31ClP4Si. The monoisotopic (exact) mass is 410 g/mol. The van der Waals surface area contributed by atoms with Gasteiger partial charge < -0.3 is 0 Å². The van der Waals surface area contributed by atoms with Crippen molar-refractivity contribution in [1.29, 1.82) is 0 Å². The van der Waals surface area contributed by atoms with Gasteiger partial charge in [0.2, 0.25) is 7.38 Å². The van der Waals surface area contributed by atoms with Crippen LogP contribution in [0.4, 0.5) is 0 Å². The predicted molar refractivity (Wildman–Crippen MR) is 120 cm³/mol. The quantitative estimate of drug-likeness (QED) is 0.304. The molecule has 0 aliphatic rings. The van der Waals surface area contributed by atoms with Crippen LogP contribution in [0.2, 0.25) is 0 Å². The van der Waals surface area contributed by atoms with Crippen LogP contribution in [-0.2, 0) is 0 Å². The number of benzene rings is 1. The summed E-state index contributed by atoms with van der Waals surface area (Å²) in [4.78, 5) is 0. The third kappa shape index (κ3) is 4.75. The Morgan fingerprint density at radius 1 is 0.682 bits per heavy atom. The van der Waals surface area contributed by atoms with Crippen LogP contribution >= 0.6 is 42.8 Å². The Labute approximate surface area is 148 Å². The molecule has 1 aromatic rings. The van der Waals surface area contributed by atoms with Gasteiger partial charge >= 0.3 is 0 Å². The third-order valence-electron chi connectivity index (χ3n) is 3.92. The lowest BCUT2D eigenvalue weighted by Crippen LogP contribution is -2.59. The van der Waals surface area contributed by atoms with Gasteiger partial charge in [0.25, 0.3) is 0 Å². The standard InChI is InChI=1S/C16H31ClP4Si/c1-18(2)15(19(3)4)22(17,14-12-10-9-11-13-14)16(20(5)6)21(7)8/h9-13,15-16H,1-8H3. The summed E-state index contributed by atoms with van der Waals surface area (Å²) in [5.41, 5.74) is 0. The minimum atomic E-state index is -2.05. The van der Waals surface area contributed by atoms with Crippen LogP contribution in [0.1, 0.15) is 0 Å². The van der Waals surface area contributed by atoms with E-state index in [4.69, 9.17) is 11.1 Å². The normalized spacial score (nSPS) is 13.4. The lowest BCUT2D eigenvalue weighted by atomic mass is 10.4. The Kier molecular flexibility index (Phi) is 9.02. The van der Waals surface area contributed by atoms with Gasteiger partial charge in [0, 0.05) is 10.0 Å². The highest BCUT2D eigenvalue weighted by Crippen LogP contribution is 2.64.